The number of carbonyl (C=O) groups is 2. The van der Waals surface area contributed by atoms with E-state index in [1.165, 1.54) is 17.4 Å². The molecule has 1 rings (SSSR count). The van der Waals surface area contributed by atoms with E-state index in [0.29, 0.717) is 19.4 Å². The third-order valence-corrected chi connectivity index (χ3v) is 4.40. The quantitative estimate of drug-likeness (QED) is 0.755. The third kappa shape index (κ3) is 4.23. The average molecular weight is 298 g/mol. The predicted molar refractivity (Wildman–Crippen MR) is 80.1 cm³/mol. The molecular formula is C14H22N2O3S. The molecule has 0 saturated carbocycles. The summed E-state index contributed by atoms with van der Waals surface area (Å²) in [7, 11) is 0. The highest BCUT2D eigenvalue weighted by Gasteiger charge is 2.33. The second-order valence-electron chi connectivity index (χ2n) is 5.15. The van der Waals surface area contributed by atoms with Gasteiger partial charge in [-0.3, -0.25) is 0 Å². The number of amides is 2. The van der Waals surface area contributed by atoms with Crippen LogP contribution in [0, 0.1) is 13.8 Å². The highest BCUT2D eigenvalue weighted by atomic mass is 32.1. The molecule has 6 heteroatoms. The fourth-order valence-corrected chi connectivity index (χ4v) is 2.92. The largest absolute Gasteiger partial charge is 0.480 e. The Morgan fingerprint density at radius 2 is 2.05 bits per heavy atom. The first-order valence-electron chi connectivity index (χ1n) is 6.64. The summed E-state index contributed by atoms with van der Waals surface area (Å²) >= 11 is 1.63. The maximum Gasteiger partial charge on any atom is 0.329 e. The normalized spacial score (nSPS) is 13.6. The number of carboxylic acids is 1. The van der Waals surface area contributed by atoms with Crippen molar-refractivity contribution in [2.45, 2.75) is 52.6 Å². The van der Waals surface area contributed by atoms with Gasteiger partial charge >= 0.3 is 12.0 Å². The molecule has 112 valence electrons. The van der Waals surface area contributed by atoms with Crippen LogP contribution in [0.3, 0.4) is 0 Å². The van der Waals surface area contributed by atoms with Crippen LogP contribution in [0.5, 0.6) is 0 Å². The summed E-state index contributed by atoms with van der Waals surface area (Å²) < 4.78 is 0. The lowest BCUT2D eigenvalue weighted by Crippen LogP contribution is -2.54. The number of rotatable bonds is 6. The van der Waals surface area contributed by atoms with Crippen molar-refractivity contribution in [3.63, 3.8) is 0 Å². The smallest absolute Gasteiger partial charge is 0.329 e. The van der Waals surface area contributed by atoms with Gasteiger partial charge in [0.1, 0.15) is 5.54 Å². The van der Waals surface area contributed by atoms with Gasteiger partial charge < -0.3 is 15.7 Å². The molecule has 2 amide bonds. The summed E-state index contributed by atoms with van der Waals surface area (Å²) in [5, 5.41) is 14.4. The van der Waals surface area contributed by atoms with Gasteiger partial charge in [0.2, 0.25) is 0 Å². The summed E-state index contributed by atoms with van der Waals surface area (Å²) in [5.41, 5.74) is -0.0197. The van der Waals surface area contributed by atoms with Gasteiger partial charge in [0, 0.05) is 9.75 Å². The van der Waals surface area contributed by atoms with E-state index in [9.17, 15) is 14.7 Å². The molecule has 1 heterocycles. The first-order chi connectivity index (χ1) is 9.28. The van der Waals surface area contributed by atoms with Crippen molar-refractivity contribution in [2.24, 2.45) is 0 Å². The molecule has 1 unspecified atom stereocenters. The summed E-state index contributed by atoms with van der Waals surface area (Å²) in [5.74, 6) is -1.02. The van der Waals surface area contributed by atoms with Gasteiger partial charge in [0.15, 0.2) is 0 Å². The molecule has 0 aliphatic rings. The zero-order chi connectivity index (χ0) is 15.3. The summed E-state index contributed by atoms with van der Waals surface area (Å²) in [4.78, 5) is 25.3. The van der Waals surface area contributed by atoms with Crippen molar-refractivity contribution in [3.8, 4) is 0 Å². The Bertz CT molecular complexity index is 479. The first-order valence-corrected chi connectivity index (χ1v) is 7.45. The molecule has 0 aromatic carbocycles. The zero-order valence-electron chi connectivity index (χ0n) is 12.4. The van der Waals surface area contributed by atoms with Gasteiger partial charge in [-0.1, -0.05) is 13.3 Å². The zero-order valence-corrected chi connectivity index (χ0v) is 13.2. The number of urea groups is 1. The molecule has 1 aromatic heterocycles. The van der Waals surface area contributed by atoms with Crippen LogP contribution in [-0.4, -0.2) is 22.6 Å². The van der Waals surface area contributed by atoms with E-state index in [2.05, 4.69) is 10.6 Å². The van der Waals surface area contributed by atoms with E-state index in [1.807, 2.05) is 26.8 Å². The second-order valence-corrected chi connectivity index (χ2v) is 6.49. The minimum absolute atomic E-state index is 0.396. The lowest BCUT2D eigenvalue weighted by Gasteiger charge is -2.25. The monoisotopic (exact) mass is 298 g/mol. The number of carboxylic acid groups (broad SMARTS) is 1. The molecular weight excluding hydrogens is 276 g/mol. The summed E-state index contributed by atoms with van der Waals surface area (Å²) in [6.07, 6.45) is 1.08. The number of thiophene rings is 1. The predicted octanol–water partition coefficient (Wildman–Crippen LogP) is 2.81. The van der Waals surface area contributed by atoms with Crippen LogP contribution in [0.4, 0.5) is 4.79 Å². The van der Waals surface area contributed by atoms with Crippen molar-refractivity contribution in [1.82, 2.24) is 10.6 Å². The van der Waals surface area contributed by atoms with Gasteiger partial charge in [-0.05, 0) is 38.8 Å². The topological polar surface area (TPSA) is 78.4 Å². The molecule has 0 radical (unpaired) electrons. The number of aryl methyl sites for hydroxylation is 2. The van der Waals surface area contributed by atoms with E-state index in [4.69, 9.17) is 0 Å². The van der Waals surface area contributed by atoms with E-state index in [0.717, 1.165) is 4.88 Å². The molecule has 0 aliphatic carbocycles. The lowest BCUT2D eigenvalue weighted by molar-refractivity contribution is -0.144. The molecule has 1 aromatic rings. The van der Waals surface area contributed by atoms with Crippen LogP contribution in [0.25, 0.3) is 0 Å². The Balaban J connectivity index is 2.56. The highest BCUT2D eigenvalue weighted by molar-refractivity contribution is 7.12. The first kappa shape index (κ1) is 16.5. The number of carbonyl (C=O) groups excluding carboxylic acids is 1. The number of aliphatic carboxylic acids is 1. The maximum absolute atomic E-state index is 11.8. The fraction of sp³-hybridized carbons (Fsp3) is 0.571. The van der Waals surface area contributed by atoms with Gasteiger partial charge in [-0.2, -0.15) is 0 Å². The third-order valence-electron chi connectivity index (χ3n) is 3.25. The minimum atomic E-state index is -1.22. The van der Waals surface area contributed by atoms with Gasteiger partial charge in [-0.25, -0.2) is 9.59 Å². The molecule has 0 fully saturated rings. The van der Waals surface area contributed by atoms with Crippen molar-refractivity contribution in [1.29, 1.82) is 0 Å². The fourth-order valence-electron chi connectivity index (χ4n) is 1.92. The van der Waals surface area contributed by atoms with Crippen LogP contribution in [-0.2, 0) is 11.3 Å². The molecule has 1 atom stereocenters. The van der Waals surface area contributed by atoms with Crippen molar-refractivity contribution < 1.29 is 14.7 Å². The number of nitrogens with one attached hydrogen (secondary N) is 2. The molecule has 0 saturated heterocycles. The van der Waals surface area contributed by atoms with Gasteiger partial charge in [0.05, 0.1) is 6.54 Å². The van der Waals surface area contributed by atoms with Gasteiger partial charge in [0.25, 0.3) is 0 Å². The number of hydrogen-bond donors (Lipinski definition) is 3. The second kappa shape index (κ2) is 6.74. The van der Waals surface area contributed by atoms with E-state index >= 15 is 0 Å². The lowest BCUT2D eigenvalue weighted by atomic mass is 9.97. The summed E-state index contributed by atoms with van der Waals surface area (Å²) in [6, 6.07) is 1.58. The Morgan fingerprint density at radius 1 is 1.40 bits per heavy atom. The van der Waals surface area contributed by atoms with Crippen LogP contribution < -0.4 is 10.6 Å². The van der Waals surface area contributed by atoms with Crippen LogP contribution in [0.2, 0.25) is 0 Å². The SMILES string of the molecule is CCCC(C)(NC(=O)NCc1cc(C)c(C)s1)C(=O)O. The van der Waals surface area contributed by atoms with Gasteiger partial charge in [-0.15, -0.1) is 11.3 Å². The van der Waals surface area contributed by atoms with Crippen LogP contribution >= 0.6 is 11.3 Å². The highest BCUT2D eigenvalue weighted by Crippen LogP contribution is 2.20. The van der Waals surface area contributed by atoms with E-state index in [-0.39, 0.29) is 0 Å². The van der Waals surface area contributed by atoms with E-state index in [1.54, 1.807) is 11.3 Å². The minimum Gasteiger partial charge on any atom is -0.480 e. The summed E-state index contributed by atoms with van der Waals surface area (Å²) in [6.45, 7) is 7.88. The Kier molecular flexibility index (Phi) is 5.56. The average Bonchev–Trinajstić information content (AvgIpc) is 2.66. The molecule has 3 N–H and O–H groups in total. The Morgan fingerprint density at radius 3 is 2.50 bits per heavy atom. The van der Waals surface area contributed by atoms with Crippen molar-refractivity contribution in [2.75, 3.05) is 0 Å². The van der Waals surface area contributed by atoms with Crippen LogP contribution in [0.1, 0.15) is 42.0 Å². The van der Waals surface area contributed by atoms with E-state index < -0.39 is 17.5 Å². The Hall–Kier alpha value is -1.56. The standard InChI is InChI=1S/C14H22N2O3S/c1-5-6-14(4,12(17)18)16-13(19)15-8-11-7-9(2)10(3)20-11/h7H,5-6,8H2,1-4H3,(H,17,18)(H2,15,16,19). The number of hydrogen-bond acceptors (Lipinski definition) is 3. The Labute approximate surface area is 123 Å². The molecule has 0 bridgehead atoms. The van der Waals surface area contributed by atoms with Crippen molar-refractivity contribution in [3.05, 3.63) is 21.4 Å². The molecule has 20 heavy (non-hydrogen) atoms. The van der Waals surface area contributed by atoms with Crippen LogP contribution in [0.15, 0.2) is 6.07 Å². The molecule has 5 nitrogen and oxygen atoms in total. The molecule has 0 spiro atoms. The maximum atomic E-state index is 11.8. The van der Waals surface area contributed by atoms with Crippen molar-refractivity contribution >= 4 is 23.3 Å². The molecule has 0 aliphatic heterocycles.